The smallest absolute Gasteiger partial charge is 0.0485 e. The molecule has 1 heterocycles. The molecule has 2 aromatic rings. The minimum Gasteiger partial charge on any atom is -0.344 e. The zero-order valence-electron chi connectivity index (χ0n) is 18.4. The number of hydrogen-bond donors (Lipinski definition) is 0. The van der Waals surface area contributed by atoms with Crippen LogP contribution in [0.5, 0.6) is 0 Å². The molecule has 1 aliphatic rings. The molecule has 0 radical (unpaired) electrons. The molecule has 1 aromatic heterocycles. The summed E-state index contributed by atoms with van der Waals surface area (Å²) in [6.45, 7) is 18.3. The van der Waals surface area contributed by atoms with Gasteiger partial charge in [0.05, 0.1) is 0 Å². The van der Waals surface area contributed by atoms with Crippen LogP contribution in [0.1, 0.15) is 85.9 Å². The lowest BCUT2D eigenvalue weighted by Gasteiger charge is -2.15. The molecular weight excluding hydrogens is 302 g/mol. The molecule has 0 fully saturated rings. The van der Waals surface area contributed by atoms with Crippen LogP contribution in [0.4, 0.5) is 0 Å². The second-order valence-electron chi connectivity index (χ2n) is 5.08. The van der Waals surface area contributed by atoms with E-state index in [-0.39, 0.29) is 0 Å². The molecule has 0 amide bonds. The van der Waals surface area contributed by atoms with Gasteiger partial charge in [0.2, 0.25) is 0 Å². The van der Waals surface area contributed by atoms with Crippen LogP contribution >= 0.6 is 0 Å². The van der Waals surface area contributed by atoms with Gasteiger partial charge in [0, 0.05) is 23.6 Å². The van der Waals surface area contributed by atoms with E-state index in [4.69, 9.17) is 0 Å². The van der Waals surface area contributed by atoms with Crippen LogP contribution in [0.25, 0.3) is 17.0 Å². The molecule has 3 rings (SSSR count). The van der Waals surface area contributed by atoms with Crippen molar-refractivity contribution >= 4 is 17.0 Å². The Kier molecular flexibility index (Phi) is 16.1. The molecule has 1 heteroatoms. The predicted molar refractivity (Wildman–Crippen MR) is 120 cm³/mol. The number of para-hydroxylation sites is 1. The molecule has 1 aromatic carbocycles. The van der Waals surface area contributed by atoms with Gasteiger partial charge in [0.15, 0.2) is 0 Å². The lowest BCUT2D eigenvalue weighted by Crippen LogP contribution is -2.00. The fourth-order valence-electron chi connectivity index (χ4n) is 2.66. The van der Waals surface area contributed by atoms with E-state index in [0.717, 1.165) is 0 Å². The molecule has 1 nitrogen and oxygen atoms in total. The van der Waals surface area contributed by atoms with Crippen molar-refractivity contribution in [3.05, 3.63) is 53.8 Å². The third-order valence-corrected chi connectivity index (χ3v) is 3.78. The number of rotatable bonds is 0. The van der Waals surface area contributed by atoms with Crippen LogP contribution in [0, 0.1) is 0 Å². The van der Waals surface area contributed by atoms with Gasteiger partial charge in [-0.05, 0) is 43.9 Å². The Labute approximate surface area is 157 Å². The van der Waals surface area contributed by atoms with Gasteiger partial charge in [0.1, 0.15) is 0 Å². The number of fused-ring (bicyclic) bond motifs is 3. The summed E-state index contributed by atoms with van der Waals surface area (Å²) < 4.78 is 2.30. The maximum Gasteiger partial charge on any atom is 0.0485 e. The van der Waals surface area contributed by atoms with E-state index in [2.05, 4.69) is 55.0 Å². The third kappa shape index (κ3) is 6.94. The van der Waals surface area contributed by atoms with Gasteiger partial charge in [-0.1, -0.05) is 84.9 Å². The summed E-state index contributed by atoms with van der Waals surface area (Å²) in [5.74, 6) is 0.649. The molecule has 142 valence electrons. The summed E-state index contributed by atoms with van der Waals surface area (Å²) in [6, 6.07) is 8.69. The molecule has 1 unspecified atom stereocenters. The van der Waals surface area contributed by atoms with Crippen molar-refractivity contribution in [1.82, 2.24) is 4.57 Å². The number of allylic oxidation sites excluding steroid dienone is 3. The van der Waals surface area contributed by atoms with Gasteiger partial charge in [-0.15, -0.1) is 0 Å². The van der Waals surface area contributed by atoms with Crippen molar-refractivity contribution < 1.29 is 0 Å². The van der Waals surface area contributed by atoms with Crippen LogP contribution in [-0.4, -0.2) is 4.57 Å². The third-order valence-electron chi connectivity index (χ3n) is 3.78. The second kappa shape index (κ2) is 15.7. The Morgan fingerprint density at radius 3 is 1.96 bits per heavy atom. The molecule has 1 aliphatic carbocycles. The van der Waals surface area contributed by atoms with Crippen molar-refractivity contribution in [1.29, 1.82) is 0 Å². The van der Waals surface area contributed by atoms with E-state index in [1.807, 2.05) is 67.5 Å². The highest BCUT2D eigenvalue weighted by atomic mass is 14.9. The average molecular weight is 344 g/mol. The van der Waals surface area contributed by atoms with Crippen LogP contribution in [0.15, 0.2) is 42.5 Å². The number of benzene rings is 1. The lowest BCUT2D eigenvalue weighted by atomic mass is 9.91. The minimum absolute atomic E-state index is 0.649. The number of aromatic nitrogens is 1. The monoisotopic (exact) mass is 343 g/mol. The summed E-state index contributed by atoms with van der Waals surface area (Å²) >= 11 is 0. The molecule has 0 bridgehead atoms. The van der Waals surface area contributed by atoms with Crippen molar-refractivity contribution in [3.8, 4) is 0 Å². The number of hydrogen-bond acceptors (Lipinski definition) is 0. The fourth-order valence-corrected chi connectivity index (χ4v) is 2.66. The van der Waals surface area contributed by atoms with Gasteiger partial charge < -0.3 is 4.57 Å². The molecule has 0 N–H and O–H groups in total. The second-order valence-corrected chi connectivity index (χ2v) is 5.08. The Bertz CT molecular complexity index is 610. The molecule has 0 saturated heterocycles. The van der Waals surface area contributed by atoms with Gasteiger partial charge in [-0.25, -0.2) is 0 Å². The van der Waals surface area contributed by atoms with E-state index in [9.17, 15) is 0 Å². The van der Waals surface area contributed by atoms with E-state index in [1.54, 1.807) is 0 Å². The normalized spacial score (nSPS) is 13.9. The quantitative estimate of drug-likeness (QED) is 0.423. The van der Waals surface area contributed by atoms with Crippen molar-refractivity contribution in [3.63, 3.8) is 0 Å². The summed E-state index contributed by atoms with van der Waals surface area (Å²) in [5, 5.41) is 1.42. The van der Waals surface area contributed by atoms with Crippen LogP contribution in [-0.2, 0) is 7.05 Å². The molecule has 0 saturated carbocycles. The van der Waals surface area contributed by atoms with Crippen molar-refractivity contribution in [2.75, 3.05) is 0 Å². The highest BCUT2D eigenvalue weighted by Crippen LogP contribution is 2.36. The summed E-state index contributed by atoms with van der Waals surface area (Å²) in [5.41, 5.74) is 4.26. The predicted octanol–water partition coefficient (Wildman–Crippen LogP) is 8.36. The zero-order chi connectivity index (χ0) is 19.8. The first-order valence-corrected chi connectivity index (χ1v) is 10.0. The zero-order valence-corrected chi connectivity index (χ0v) is 18.4. The maximum atomic E-state index is 2.31. The van der Waals surface area contributed by atoms with Crippen LogP contribution in [0.3, 0.4) is 0 Å². The first kappa shape index (κ1) is 25.5. The summed E-state index contributed by atoms with van der Waals surface area (Å²) in [6.07, 6.45) is 9.71. The standard InChI is InChI=1S/C14H15N.C4H8.3C2H6/c1-10-6-5-9-13-14(10)11-7-3-4-8-12(11)15(13)2;1-3-4-2;3*1-2/h3-5,7-10H,6H2,1-2H3;3-4H,1-2H3;3*1-2H3/b;4-3-;;;. The number of nitrogens with zero attached hydrogens (tertiary/aromatic N) is 1. The van der Waals surface area contributed by atoms with Gasteiger partial charge >= 0.3 is 0 Å². The Morgan fingerprint density at radius 1 is 0.920 bits per heavy atom. The molecular formula is C24H41N. The lowest BCUT2D eigenvalue weighted by molar-refractivity contribution is 0.765. The molecule has 1 atom stereocenters. The van der Waals surface area contributed by atoms with E-state index in [0.29, 0.717) is 5.92 Å². The Morgan fingerprint density at radius 2 is 1.44 bits per heavy atom. The highest BCUT2D eigenvalue weighted by Gasteiger charge is 2.19. The van der Waals surface area contributed by atoms with Gasteiger partial charge in [-0.3, -0.25) is 0 Å². The molecule has 0 aliphatic heterocycles. The van der Waals surface area contributed by atoms with Crippen LogP contribution < -0.4 is 0 Å². The minimum atomic E-state index is 0.649. The fraction of sp³-hybridized carbons (Fsp3) is 0.500. The Hall–Kier alpha value is -1.76. The first-order valence-electron chi connectivity index (χ1n) is 10.0. The maximum absolute atomic E-state index is 2.31. The number of aryl methyl sites for hydroxylation is 1. The van der Waals surface area contributed by atoms with E-state index in [1.165, 1.54) is 28.6 Å². The SMILES string of the molecule is C/C=C\C.CC.CC.CC.CC1CC=Cc2c1c1ccccc1n2C. The van der Waals surface area contributed by atoms with Gasteiger partial charge in [0.25, 0.3) is 0 Å². The average Bonchev–Trinajstić information content (AvgIpc) is 3.01. The van der Waals surface area contributed by atoms with Crippen molar-refractivity contribution in [2.45, 2.75) is 74.7 Å². The van der Waals surface area contributed by atoms with Crippen molar-refractivity contribution in [2.24, 2.45) is 7.05 Å². The first-order chi connectivity index (χ1) is 12.2. The highest BCUT2D eigenvalue weighted by molar-refractivity contribution is 5.89. The topological polar surface area (TPSA) is 4.93 Å². The summed E-state index contributed by atoms with van der Waals surface area (Å²) in [7, 11) is 2.16. The van der Waals surface area contributed by atoms with E-state index >= 15 is 0 Å². The molecule has 0 spiro atoms. The molecule has 25 heavy (non-hydrogen) atoms. The van der Waals surface area contributed by atoms with E-state index < -0.39 is 0 Å². The van der Waals surface area contributed by atoms with Crippen LogP contribution in [0.2, 0.25) is 0 Å². The van der Waals surface area contributed by atoms with Gasteiger partial charge in [-0.2, -0.15) is 0 Å². The summed E-state index contributed by atoms with van der Waals surface area (Å²) in [4.78, 5) is 0. The largest absolute Gasteiger partial charge is 0.344 e. The Balaban J connectivity index is 0.